The van der Waals surface area contributed by atoms with Crippen LogP contribution in [0.4, 0.5) is 0 Å². The van der Waals surface area contributed by atoms with Gasteiger partial charge in [-0.1, -0.05) is 30.4 Å². The number of ether oxygens (including phenoxy) is 1. The highest BCUT2D eigenvalue weighted by molar-refractivity contribution is 5.85. The lowest BCUT2D eigenvalue weighted by atomic mass is 9.72. The SMILES string of the molecule is C1=CC2=CN3C=CC=CC3=C3OCCC23C=C1.Cl. The quantitative estimate of drug-likeness (QED) is 0.661. The predicted octanol–water partition coefficient (Wildman–Crippen LogP) is 3.44. The first-order chi connectivity index (χ1) is 8.40. The molecular weight excluding hydrogens is 246 g/mol. The van der Waals surface area contributed by atoms with Gasteiger partial charge in [0.15, 0.2) is 0 Å². The number of fused-ring (bicyclic) bond motifs is 1. The van der Waals surface area contributed by atoms with Crippen LogP contribution in [0.5, 0.6) is 0 Å². The Balaban J connectivity index is 0.000001000. The van der Waals surface area contributed by atoms with Crippen molar-refractivity contribution in [1.82, 2.24) is 4.90 Å². The average Bonchev–Trinajstić information content (AvgIpc) is 2.80. The van der Waals surface area contributed by atoms with Gasteiger partial charge in [-0.15, -0.1) is 12.4 Å². The molecule has 0 aromatic rings. The van der Waals surface area contributed by atoms with Crippen LogP contribution in [0.25, 0.3) is 0 Å². The largest absolute Gasteiger partial charge is 0.494 e. The third-order valence-electron chi connectivity index (χ3n) is 3.83. The predicted molar refractivity (Wildman–Crippen MR) is 73.8 cm³/mol. The van der Waals surface area contributed by atoms with E-state index in [-0.39, 0.29) is 17.8 Å². The van der Waals surface area contributed by atoms with Gasteiger partial charge >= 0.3 is 0 Å². The first-order valence-corrected chi connectivity index (χ1v) is 5.99. The van der Waals surface area contributed by atoms with E-state index >= 15 is 0 Å². The fourth-order valence-electron chi connectivity index (χ4n) is 2.99. The first-order valence-electron chi connectivity index (χ1n) is 5.99. The van der Waals surface area contributed by atoms with Gasteiger partial charge < -0.3 is 9.64 Å². The number of rotatable bonds is 0. The second kappa shape index (κ2) is 3.92. The molecule has 1 atom stereocenters. The molecule has 0 saturated carbocycles. The van der Waals surface area contributed by atoms with Crippen LogP contribution in [0, 0.1) is 5.41 Å². The van der Waals surface area contributed by atoms with Crippen molar-refractivity contribution < 1.29 is 4.74 Å². The highest BCUT2D eigenvalue weighted by Crippen LogP contribution is 2.52. The van der Waals surface area contributed by atoms with Crippen LogP contribution in [-0.4, -0.2) is 11.5 Å². The van der Waals surface area contributed by atoms with E-state index in [0.717, 1.165) is 18.8 Å². The van der Waals surface area contributed by atoms with Crippen molar-refractivity contribution in [3.8, 4) is 0 Å². The van der Waals surface area contributed by atoms with Crippen molar-refractivity contribution in [2.75, 3.05) is 6.61 Å². The smallest absolute Gasteiger partial charge is 0.134 e. The topological polar surface area (TPSA) is 12.5 Å². The maximum absolute atomic E-state index is 5.91. The van der Waals surface area contributed by atoms with Crippen molar-refractivity contribution in [2.24, 2.45) is 5.41 Å². The Morgan fingerprint density at radius 2 is 2.00 bits per heavy atom. The molecule has 0 amide bonds. The van der Waals surface area contributed by atoms with Crippen molar-refractivity contribution in [3.05, 3.63) is 72.0 Å². The molecule has 92 valence electrons. The average molecular weight is 260 g/mol. The van der Waals surface area contributed by atoms with Gasteiger partial charge in [-0.05, 0) is 17.7 Å². The molecule has 3 heteroatoms. The van der Waals surface area contributed by atoms with Crippen molar-refractivity contribution in [2.45, 2.75) is 6.42 Å². The molecule has 1 spiro atoms. The number of halogens is 1. The van der Waals surface area contributed by atoms with Gasteiger partial charge in [-0.25, -0.2) is 0 Å². The molecule has 4 rings (SSSR count). The van der Waals surface area contributed by atoms with Crippen LogP contribution in [0.15, 0.2) is 72.0 Å². The second-order valence-corrected chi connectivity index (χ2v) is 4.69. The van der Waals surface area contributed by atoms with Gasteiger partial charge in [0.05, 0.1) is 17.7 Å². The molecule has 1 fully saturated rings. The molecule has 0 bridgehead atoms. The summed E-state index contributed by atoms with van der Waals surface area (Å²) in [7, 11) is 0. The number of hydrogen-bond donors (Lipinski definition) is 0. The Morgan fingerprint density at radius 3 is 2.94 bits per heavy atom. The van der Waals surface area contributed by atoms with Gasteiger partial charge in [-0.3, -0.25) is 0 Å². The zero-order valence-electron chi connectivity index (χ0n) is 9.87. The standard InChI is InChI=1S/C15H13NO.ClH/c1-3-7-15-8-10-17-14(15)13-6-2-4-9-16(13)11-12(15)5-1;/h1-7,9,11H,8,10H2;1H. The van der Waals surface area contributed by atoms with Crippen molar-refractivity contribution in [3.63, 3.8) is 0 Å². The minimum atomic E-state index is -0.00387. The Bertz CT molecular complexity index is 565. The summed E-state index contributed by atoms with van der Waals surface area (Å²) in [5, 5.41) is 0. The van der Waals surface area contributed by atoms with E-state index in [1.165, 1.54) is 11.3 Å². The van der Waals surface area contributed by atoms with Crippen molar-refractivity contribution in [1.29, 1.82) is 0 Å². The third-order valence-corrected chi connectivity index (χ3v) is 3.83. The summed E-state index contributed by atoms with van der Waals surface area (Å²) in [6, 6.07) is 0. The lowest BCUT2D eigenvalue weighted by molar-refractivity contribution is 0.242. The summed E-state index contributed by atoms with van der Waals surface area (Å²) in [6.07, 6.45) is 20.3. The highest BCUT2D eigenvalue weighted by Gasteiger charge is 2.46. The van der Waals surface area contributed by atoms with E-state index in [9.17, 15) is 0 Å². The van der Waals surface area contributed by atoms with Gasteiger partial charge in [0.2, 0.25) is 0 Å². The van der Waals surface area contributed by atoms with Crippen LogP contribution in [-0.2, 0) is 4.74 Å². The van der Waals surface area contributed by atoms with Gasteiger partial charge in [0.25, 0.3) is 0 Å². The molecule has 2 nitrogen and oxygen atoms in total. The monoisotopic (exact) mass is 259 g/mol. The fourth-order valence-corrected chi connectivity index (χ4v) is 2.99. The number of allylic oxidation sites excluding steroid dienone is 7. The van der Waals surface area contributed by atoms with E-state index in [4.69, 9.17) is 4.74 Å². The fraction of sp³-hybridized carbons (Fsp3) is 0.200. The van der Waals surface area contributed by atoms with Gasteiger partial charge in [0, 0.05) is 18.8 Å². The molecule has 3 heterocycles. The number of nitrogens with zero attached hydrogens (tertiary/aromatic N) is 1. The van der Waals surface area contributed by atoms with Gasteiger partial charge in [-0.2, -0.15) is 0 Å². The summed E-state index contributed by atoms with van der Waals surface area (Å²) in [4.78, 5) is 2.15. The van der Waals surface area contributed by atoms with E-state index in [0.29, 0.717) is 0 Å². The Kier molecular flexibility index (Phi) is 2.49. The molecule has 3 aliphatic heterocycles. The maximum atomic E-state index is 5.91. The zero-order valence-corrected chi connectivity index (χ0v) is 10.7. The zero-order chi connectivity index (χ0) is 11.3. The molecule has 0 radical (unpaired) electrons. The van der Waals surface area contributed by atoms with Crippen LogP contribution in [0.3, 0.4) is 0 Å². The Hall–Kier alpha value is -1.67. The van der Waals surface area contributed by atoms with Crippen LogP contribution < -0.4 is 0 Å². The van der Waals surface area contributed by atoms with Crippen LogP contribution >= 0.6 is 12.4 Å². The van der Waals surface area contributed by atoms with Crippen LogP contribution in [0.2, 0.25) is 0 Å². The van der Waals surface area contributed by atoms with Gasteiger partial charge in [0.1, 0.15) is 5.76 Å². The molecule has 0 aromatic carbocycles. The normalized spacial score (nSPS) is 30.2. The van der Waals surface area contributed by atoms with E-state index in [1.807, 2.05) is 6.08 Å². The summed E-state index contributed by atoms with van der Waals surface area (Å²) < 4.78 is 5.91. The number of hydrogen-bond acceptors (Lipinski definition) is 2. The Labute approximate surface area is 113 Å². The second-order valence-electron chi connectivity index (χ2n) is 4.69. The molecule has 4 aliphatic rings. The highest BCUT2D eigenvalue weighted by atomic mass is 35.5. The maximum Gasteiger partial charge on any atom is 0.134 e. The molecule has 0 N–H and O–H groups in total. The molecule has 1 saturated heterocycles. The molecule has 0 aromatic heterocycles. The summed E-state index contributed by atoms with van der Waals surface area (Å²) in [5.41, 5.74) is 2.50. The lowest BCUT2D eigenvalue weighted by Gasteiger charge is -2.37. The summed E-state index contributed by atoms with van der Waals surface area (Å²) >= 11 is 0. The van der Waals surface area contributed by atoms with Crippen LogP contribution in [0.1, 0.15) is 6.42 Å². The van der Waals surface area contributed by atoms with E-state index in [2.05, 4.69) is 53.8 Å². The minimum absolute atomic E-state index is 0. The Morgan fingerprint density at radius 1 is 1.11 bits per heavy atom. The first kappa shape index (κ1) is 11.4. The van der Waals surface area contributed by atoms with Crippen molar-refractivity contribution >= 4 is 12.4 Å². The molecule has 1 unspecified atom stereocenters. The molecular formula is C15H14ClNO. The molecule has 1 aliphatic carbocycles. The summed E-state index contributed by atoms with van der Waals surface area (Å²) in [6.45, 7) is 0.805. The van der Waals surface area contributed by atoms with E-state index < -0.39 is 0 Å². The van der Waals surface area contributed by atoms with E-state index in [1.54, 1.807) is 0 Å². The molecule has 18 heavy (non-hydrogen) atoms. The minimum Gasteiger partial charge on any atom is -0.494 e. The third kappa shape index (κ3) is 1.30. The lowest BCUT2D eigenvalue weighted by Crippen LogP contribution is -2.30. The summed E-state index contributed by atoms with van der Waals surface area (Å²) in [5.74, 6) is 1.11.